The molecule has 0 unspecified atom stereocenters. The van der Waals surface area contributed by atoms with E-state index >= 15 is 0 Å². The summed E-state index contributed by atoms with van der Waals surface area (Å²) < 4.78 is 0. The molecule has 0 aliphatic heterocycles. The molecule has 114 valence electrons. The molecule has 2 N–H and O–H groups in total. The van der Waals surface area contributed by atoms with Crippen molar-refractivity contribution in [1.29, 1.82) is 0 Å². The van der Waals surface area contributed by atoms with E-state index in [1.54, 1.807) is 0 Å². The molecule has 0 radical (unpaired) electrons. The highest BCUT2D eigenvalue weighted by Crippen LogP contribution is 2.23. The van der Waals surface area contributed by atoms with E-state index in [0.29, 0.717) is 30.4 Å². The van der Waals surface area contributed by atoms with Crippen LogP contribution in [0.1, 0.15) is 44.1 Å². The largest absolute Gasteiger partial charge is 0.393 e. The fraction of sp³-hybridized carbons (Fsp3) is 0.529. The Bertz CT molecular complexity index is 469. The molecule has 1 fully saturated rings. The normalized spacial score (nSPS) is 15.6. The molecule has 1 aromatic carbocycles. The fourth-order valence-corrected chi connectivity index (χ4v) is 3.10. The molecule has 1 aliphatic carbocycles. The van der Waals surface area contributed by atoms with Gasteiger partial charge in [-0.25, -0.2) is 0 Å². The lowest BCUT2D eigenvalue weighted by atomic mass is 9.93. The topological polar surface area (TPSA) is 46.3 Å². The number of hydrogen-bond acceptors (Lipinski definition) is 2. The van der Waals surface area contributed by atoms with Crippen molar-refractivity contribution in [1.82, 2.24) is 4.90 Å². The van der Waals surface area contributed by atoms with Crippen LogP contribution in [0.5, 0.6) is 0 Å². The monoisotopic (exact) mass is 304 g/mol. The van der Waals surface area contributed by atoms with Crippen LogP contribution in [0.2, 0.25) is 0 Å². The van der Waals surface area contributed by atoms with E-state index in [4.69, 9.17) is 18.0 Å². The molecule has 0 aromatic heterocycles. The SMILES string of the molecule is NC(=S)CCN(C(=O)Cc1ccccc1)C1CCCCC1. The second-order valence-electron chi connectivity index (χ2n) is 5.76. The quantitative estimate of drug-likeness (QED) is 0.822. The summed E-state index contributed by atoms with van der Waals surface area (Å²) in [5.41, 5.74) is 6.68. The zero-order chi connectivity index (χ0) is 15.1. The van der Waals surface area contributed by atoms with Gasteiger partial charge in [-0.05, 0) is 18.4 Å². The maximum Gasteiger partial charge on any atom is 0.227 e. The molecule has 0 atom stereocenters. The minimum absolute atomic E-state index is 0.198. The third-order valence-electron chi connectivity index (χ3n) is 4.13. The number of carbonyl (C=O) groups excluding carboxylic acids is 1. The van der Waals surface area contributed by atoms with Gasteiger partial charge in [0.2, 0.25) is 5.91 Å². The first-order chi connectivity index (χ1) is 10.2. The van der Waals surface area contributed by atoms with E-state index in [1.807, 2.05) is 35.2 Å². The van der Waals surface area contributed by atoms with Gasteiger partial charge in [-0.1, -0.05) is 61.8 Å². The zero-order valence-electron chi connectivity index (χ0n) is 12.5. The van der Waals surface area contributed by atoms with Gasteiger partial charge in [-0.3, -0.25) is 4.79 Å². The van der Waals surface area contributed by atoms with Crippen LogP contribution in [0.25, 0.3) is 0 Å². The molecule has 1 amide bonds. The molecule has 21 heavy (non-hydrogen) atoms. The van der Waals surface area contributed by atoms with Crippen molar-refractivity contribution in [3.05, 3.63) is 35.9 Å². The van der Waals surface area contributed by atoms with E-state index in [2.05, 4.69) is 0 Å². The average molecular weight is 304 g/mol. The summed E-state index contributed by atoms with van der Waals surface area (Å²) in [5.74, 6) is 0.198. The highest BCUT2D eigenvalue weighted by atomic mass is 32.1. The lowest BCUT2D eigenvalue weighted by Crippen LogP contribution is -2.43. The van der Waals surface area contributed by atoms with Gasteiger partial charge in [0.1, 0.15) is 0 Å². The third-order valence-corrected chi connectivity index (χ3v) is 4.34. The highest BCUT2D eigenvalue weighted by Gasteiger charge is 2.25. The Kier molecular flexibility index (Phi) is 6.18. The number of amides is 1. The molecule has 4 heteroatoms. The van der Waals surface area contributed by atoms with E-state index < -0.39 is 0 Å². The van der Waals surface area contributed by atoms with E-state index in [0.717, 1.165) is 18.4 Å². The molecule has 0 saturated heterocycles. The standard InChI is InChI=1S/C17H24N2OS/c18-16(21)11-12-19(15-9-5-2-6-10-15)17(20)13-14-7-3-1-4-8-14/h1,3-4,7-8,15H,2,5-6,9-13H2,(H2,18,21). The van der Waals surface area contributed by atoms with Gasteiger partial charge in [0.05, 0.1) is 11.4 Å². The van der Waals surface area contributed by atoms with E-state index in [9.17, 15) is 4.79 Å². The van der Waals surface area contributed by atoms with Gasteiger partial charge in [0, 0.05) is 19.0 Å². The second kappa shape index (κ2) is 8.13. The minimum atomic E-state index is 0.198. The second-order valence-corrected chi connectivity index (χ2v) is 6.28. The van der Waals surface area contributed by atoms with Crippen molar-refractivity contribution >= 4 is 23.1 Å². The Labute approximate surface area is 132 Å². The van der Waals surface area contributed by atoms with Crippen molar-refractivity contribution in [3.8, 4) is 0 Å². The molecular formula is C17H24N2OS. The van der Waals surface area contributed by atoms with Crippen LogP contribution in [0.15, 0.2) is 30.3 Å². The van der Waals surface area contributed by atoms with Gasteiger partial charge >= 0.3 is 0 Å². The molecule has 0 spiro atoms. The van der Waals surface area contributed by atoms with E-state index in [-0.39, 0.29) is 5.91 Å². The van der Waals surface area contributed by atoms with Crippen molar-refractivity contribution in [3.63, 3.8) is 0 Å². The van der Waals surface area contributed by atoms with Gasteiger partial charge in [-0.2, -0.15) is 0 Å². The summed E-state index contributed by atoms with van der Waals surface area (Å²) in [6.45, 7) is 0.658. The number of nitrogens with zero attached hydrogens (tertiary/aromatic N) is 1. The smallest absolute Gasteiger partial charge is 0.227 e. The molecule has 3 nitrogen and oxygen atoms in total. The molecule has 1 aromatic rings. The van der Waals surface area contributed by atoms with Crippen LogP contribution in [0.4, 0.5) is 0 Å². The van der Waals surface area contributed by atoms with Gasteiger partial charge in [0.25, 0.3) is 0 Å². The maximum atomic E-state index is 12.7. The number of thiocarbonyl (C=S) groups is 1. The Balaban J connectivity index is 2.02. The Morgan fingerprint density at radius 1 is 1.19 bits per heavy atom. The van der Waals surface area contributed by atoms with Crippen molar-refractivity contribution < 1.29 is 4.79 Å². The van der Waals surface area contributed by atoms with Gasteiger partial charge < -0.3 is 10.6 Å². The van der Waals surface area contributed by atoms with Gasteiger partial charge in [0.15, 0.2) is 0 Å². The van der Waals surface area contributed by atoms with Gasteiger partial charge in [-0.15, -0.1) is 0 Å². The van der Waals surface area contributed by atoms with Crippen LogP contribution in [0, 0.1) is 0 Å². The summed E-state index contributed by atoms with van der Waals surface area (Å²) >= 11 is 4.97. The van der Waals surface area contributed by atoms with Crippen molar-refractivity contribution in [2.24, 2.45) is 5.73 Å². The maximum absolute atomic E-state index is 12.7. The third kappa shape index (κ3) is 5.12. The number of nitrogens with two attached hydrogens (primary N) is 1. The molecule has 0 heterocycles. The van der Waals surface area contributed by atoms with Crippen LogP contribution in [-0.2, 0) is 11.2 Å². The predicted molar refractivity (Wildman–Crippen MR) is 90.1 cm³/mol. The Morgan fingerprint density at radius 3 is 2.48 bits per heavy atom. The van der Waals surface area contributed by atoms with Crippen LogP contribution < -0.4 is 5.73 Å². The number of benzene rings is 1. The first kappa shape index (κ1) is 16.0. The first-order valence-electron chi connectivity index (χ1n) is 7.78. The lowest BCUT2D eigenvalue weighted by Gasteiger charge is -2.34. The highest BCUT2D eigenvalue weighted by molar-refractivity contribution is 7.80. The predicted octanol–water partition coefficient (Wildman–Crippen LogP) is 3.07. The minimum Gasteiger partial charge on any atom is -0.393 e. The fourth-order valence-electron chi connectivity index (χ4n) is 3.01. The number of carbonyl (C=O) groups is 1. The molecule has 1 aliphatic rings. The summed E-state index contributed by atoms with van der Waals surface area (Å²) in [7, 11) is 0. The van der Waals surface area contributed by atoms with Crippen molar-refractivity contribution in [2.45, 2.75) is 51.0 Å². The van der Waals surface area contributed by atoms with E-state index in [1.165, 1.54) is 19.3 Å². The summed E-state index contributed by atoms with van der Waals surface area (Å²) in [5, 5.41) is 0. The molecule has 0 bridgehead atoms. The van der Waals surface area contributed by atoms with Crippen LogP contribution >= 0.6 is 12.2 Å². The Morgan fingerprint density at radius 2 is 1.86 bits per heavy atom. The molecular weight excluding hydrogens is 280 g/mol. The summed E-state index contributed by atoms with van der Waals surface area (Å²) in [6, 6.07) is 10.3. The van der Waals surface area contributed by atoms with Crippen LogP contribution in [0.3, 0.4) is 0 Å². The molecule has 1 saturated carbocycles. The number of hydrogen-bond donors (Lipinski definition) is 1. The average Bonchev–Trinajstić information content (AvgIpc) is 2.49. The summed E-state index contributed by atoms with van der Waals surface area (Å²) in [6.07, 6.45) is 7.02. The first-order valence-corrected chi connectivity index (χ1v) is 8.19. The number of rotatable bonds is 6. The lowest BCUT2D eigenvalue weighted by molar-refractivity contribution is -0.133. The zero-order valence-corrected chi connectivity index (χ0v) is 13.3. The van der Waals surface area contributed by atoms with Crippen molar-refractivity contribution in [2.75, 3.05) is 6.54 Å². The van der Waals surface area contributed by atoms with Crippen LogP contribution in [-0.4, -0.2) is 28.4 Å². The molecule has 2 rings (SSSR count). The Hall–Kier alpha value is -1.42. The summed E-state index contributed by atoms with van der Waals surface area (Å²) in [4.78, 5) is 15.2.